The molecule has 0 aromatic carbocycles. The lowest BCUT2D eigenvalue weighted by molar-refractivity contribution is 0.409. The zero-order valence-electron chi connectivity index (χ0n) is 8.08. The highest BCUT2D eigenvalue weighted by Gasteiger charge is 2.22. The summed E-state index contributed by atoms with van der Waals surface area (Å²) in [7, 11) is 0. The fourth-order valence-electron chi connectivity index (χ4n) is 1.51. The second-order valence-corrected chi connectivity index (χ2v) is 3.82. The number of hydrogen-bond acceptors (Lipinski definition) is 4. The molecule has 72 valence electrons. The van der Waals surface area contributed by atoms with Gasteiger partial charge in [-0.3, -0.25) is 0 Å². The van der Waals surface area contributed by atoms with Crippen molar-refractivity contribution in [1.82, 2.24) is 15.5 Å². The van der Waals surface area contributed by atoms with E-state index in [1.54, 1.807) is 0 Å². The lowest BCUT2D eigenvalue weighted by Crippen LogP contribution is -2.08. The van der Waals surface area contributed by atoms with Gasteiger partial charge in [0, 0.05) is 12.5 Å². The fourth-order valence-corrected chi connectivity index (χ4v) is 1.51. The van der Waals surface area contributed by atoms with Crippen LogP contribution in [0.1, 0.15) is 43.9 Å². The van der Waals surface area contributed by atoms with Gasteiger partial charge in [-0.25, -0.2) is 0 Å². The Bertz CT molecular complexity index is 276. The van der Waals surface area contributed by atoms with Crippen LogP contribution in [-0.2, 0) is 0 Å². The van der Waals surface area contributed by atoms with Gasteiger partial charge in [-0.2, -0.15) is 0 Å². The van der Waals surface area contributed by atoms with E-state index in [2.05, 4.69) is 29.4 Å². The summed E-state index contributed by atoms with van der Waals surface area (Å²) >= 11 is 0. The average Bonchev–Trinajstić information content (AvgIpc) is 2.75. The van der Waals surface area contributed by atoms with Crippen LogP contribution in [0.5, 0.6) is 0 Å². The number of nitrogens with one attached hydrogen (secondary N) is 1. The monoisotopic (exact) mass is 181 g/mol. The van der Waals surface area contributed by atoms with Crippen molar-refractivity contribution in [1.29, 1.82) is 0 Å². The Hall–Kier alpha value is -0.900. The average molecular weight is 181 g/mol. The normalized spacial score (nSPS) is 22.8. The van der Waals surface area contributed by atoms with Crippen molar-refractivity contribution < 1.29 is 4.42 Å². The van der Waals surface area contributed by atoms with Crippen LogP contribution < -0.4 is 5.32 Å². The molecule has 1 atom stereocenters. The summed E-state index contributed by atoms with van der Waals surface area (Å²) in [6, 6.07) is 0. The van der Waals surface area contributed by atoms with Crippen LogP contribution in [0, 0.1) is 0 Å². The second-order valence-electron chi connectivity index (χ2n) is 3.82. The van der Waals surface area contributed by atoms with Gasteiger partial charge in [0.1, 0.15) is 0 Å². The van der Waals surface area contributed by atoms with Gasteiger partial charge in [0.2, 0.25) is 11.8 Å². The maximum Gasteiger partial charge on any atom is 0.220 e. The highest BCUT2D eigenvalue weighted by Crippen LogP contribution is 2.22. The SMILES string of the molecule is CC(C)c1nnc([C@H]2CCNC2)o1. The lowest BCUT2D eigenvalue weighted by atomic mass is 10.1. The first kappa shape index (κ1) is 8.69. The number of rotatable bonds is 2. The first-order valence-corrected chi connectivity index (χ1v) is 4.81. The third-order valence-electron chi connectivity index (χ3n) is 2.36. The van der Waals surface area contributed by atoms with Crippen molar-refractivity contribution in [3.8, 4) is 0 Å². The highest BCUT2D eigenvalue weighted by atomic mass is 16.4. The van der Waals surface area contributed by atoms with Crippen LogP contribution in [0.3, 0.4) is 0 Å². The van der Waals surface area contributed by atoms with E-state index in [-0.39, 0.29) is 0 Å². The highest BCUT2D eigenvalue weighted by molar-refractivity contribution is 4.97. The minimum atomic E-state index is 0.329. The molecule has 0 radical (unpaired) electrons. The van der Waals surface area contributed by atoms with E-state index in [9.17, 15) is 0 Å². The Balaban J connectivity index is 2.12. The minimum absolute atomic E-state index is 0.329. The summed E-state index contributed by atoms with van der Waals surface area (Å²) in [5, 5.41) is 11.4. The van der Waals surface area contributed by atoms with Crippen LogP contribution in [0.25, 0.3) is 0 Å². The van der Waals surface area contributed by atoms with E-state index in [1.165, 1.54) is 0 Å². The molecular weight excluding hydrogens is 166 g/mol. The molecule has 0 unspecified atom stereocenters. The van der Waals surface area contributed by atoms with Crippen LogP contribution in [0.4, 0.5) is 0 Å². The molecule has 1 aromatic heterocycles. The molecule has 13 heavy (non-hydrogen) atoms. The molecule has 0 saturated carbocycles. The van der Waals surface area contributed by atoms with E-state index < -0.39 is 0 Å². The zero-order valence-corrected chi connectivity index (χ0v) is 8.08. The summed E-state index contributed by atoms with van der Waals surface area (Å²) in [5.74, 6) is 2.31. The third-order valence-corrected chi connectivity index (χ3v) is 2.36. The van der Waals surface area contributed by atoms with Crippen molar-refractivity contribution in [3.05, 3.63) is 11.8 Å². The largest absolute Gasteiger partial charge is 0.425 e. The van der Waals surface area contributed by atoms with Crippen LogP contribution >= 0.6 is 0 Å². The fraction of sp³-hybridized carbons (Fsp3) is 0.778. The molecule has 1 aromatic rings. The smallest absolute Gasteiger partial charge is 0.220 e. The quantitative estimate of drug-likeness (QED) is 0.746. The third kappa shape index (κ3) is 1.72. The lowest BCUT2D eigenvalue weighted by Gasteiger charge is -2.00. The molecule has 0 aliphatic carbocycles. The predicted octanol–water partition coefficient (Wildman–Crippen LogP) is 1.27. The molecule has 0 amide bonds. The molecule has 4 nitrogen and oxygen atoms in total. The van der Waals surface area contributed by atoms with Gasteiger partial charge in [0.05, 0.1) is 5.92 Å². The molecular formula is C9H15N3O. The van der Waals surface area contributed by atoms with Crippen molar-refractivity contribution in [3.63, 3.8) is 0 Å². The van der Waals surface area contributed by atoms with Gasteiger partial charge in [0.25, 0.3) is 0 Å². The minimum Gasteiger partial charge on any atom is -0.425 e. The molecule has 2 rings (SSSR count). The second kappa shape index (κ2) is 3.46. The van der Waals surface area contributed by atoms with Crippen LogP contribution in [-0.4, -0.2) is 23.3 Å². The van der Waals surface area contributed by atoms with Crippen molar-refractivity contribution in [2.45, 2.75) is 32.1 Å². The van der Waals surface area contributed by atoms with Gasteiger partial charge in [-0.1, -0.05) is 13.8 Å². The van der Waals surface area contributed by atoms with Crippen LogP contribution in [0.15, 0.2) is 4.42 Å². The van der Waals surface area contributed by atoms with Gasteiger partial charge >= 0.3 is 0 Å². The van der Waals surface area contributed by atoms with Crippen molar-refractivity contribution in [2.24, 2.45) is 0 Å². The number of hydrogen-bond donors (Lipinski definition) is 1. The topological polar surface area (TPSA) is 51.0 Å². The van der Waals surface area contributed by atoms with E-state index in [4.69, 9.17) is 4.42 Å². The first-order chi connectivity index (χ1) is 6.27. The summed E-state index contributed by atoms with van der Waals surface area (Å²) in [5.41, 5.74) is 0. The van der Waals surface area contributed by atoms with Crippen LogP contribution in [0.2, 0.25) is 0 Å². The molecule has 1 saturated heterocycles. The van der Waals surface area contributed by atoms with Crippen molar-refractivity contribution >= 4 is 0 Å². The Kier molecular flexibility index (Phi) is 2.31. The summed E-state index contributed by atoms with van der Waals surface area (Å²) in [4.78, 5) is 0. The Morgan fingerprint density at radius 1 is 1.46 bits per heavy atom. The summed E-state index contributed by atoms with van der Waals surface area (Å²) in [6.45, 7) is 6.15. The molecule has 1 aliphatic rings. The van der Waals surface area contributed by atoms with Gasteiger partial charge < -0.3 is 9.73 Å². The number of nitrogens with zero attached hydrogens (tertiary/aromatic N) is 2. The van der Waals surface area contributed by atoms with E-state index in [1.807, 2.05) is 0 Å². The van der Waals surface area contributed by atoms with E-state index in [0.29, 0.717) is 11.8 Å². The molecule has 1 aliphatic heterocycles. The first-order valence-electron chi connectivity index (χ1n) is 4.81. The summed E-state index contributed by atoms with van der Waals surface area (Å²) < 4.78 is 5.57. The molecule has 2 heterocycles. The Morgan fingerprint density at radius 2 is 2.31 bits per heavy atom. The van der Waals surface area contributed by atoms with E-state index in [0.717, 1.165) is 31.3 Å². The Morgan fingerprint density at radius 3 is 2.85 bits per heavy atom. The number of aromatic nitrogens is 2. The molecule has 1 N–H and O–H groups in total. The maximum atomic E-state index is 5.57. The molecule has 1 fully saturated rings. The zero-order chi connectivity index (χ0) is 9.26. The Labute approximate surface area is 77.7 Å². The van der Waals surface area contributed by atoms with Crippen molar-refractivity contribution in [2.75, 3.05) is 13.1 Å². The summed E-state index contributed by atoms with van der Waals surface area (Å²) in [6.07, 6.45) is 1.11. The maximum absolute atomic E-state index is 5.57. The van der Waals surface area contributed by atoms with E-state index >= 15 is 0 Å². The molecule has 0 bridgehead atoms. The molecule has 4 heteroatoms. The van der Waals surface area contributed by atoms with Gasteiger partial charge in [-0.15, -0.1) is 10.2 Å². The standard InChI is InChI=1S/C9H15N3O/c1-6(2)8-11-12-9(13-8)7-3-4-10-5-7/h6-7,10H,3-5H2,1-2H3/t7-/m0/s1. The van der Waals surface area contributed by atoms with Gasteiger partial charge in [0.15, 0.2) is 0 Å². The van der Waals surface area contributed by atoms with Gasteiger partial charge in [-0.05, 0) is 13.0 Å². The predicted molar refractivity (Wildman–Crippen MR) is 48.6 cm³/mol. The molecule has 0 spiro atoms.